The van der Waals surface area contributed by atoms with Crippen molar-refractivity contribution in [2.45, 2.75) is 18.0 Å². The predicted octanol–water partition coefficient (Wildman–Crippen LogP) is 3.20. The van der Waals surface area contributed by atoms with Gasteiger partial charge in [-0.2, -0.15) is 26.3 Å². The fourth-order valence-electron chi connectivity index (χ4n) is 3.11. The van der Waals surface area contributed by atoms with Crippen molar-refractivity contribution in [3.8, 4) is 11.1 Å². The Kier molecular flexibility index (Phi) is 6.72. The summed E-state index contributed by atoms with van der Waals surface area (Å²) in [6.45, 7) is 4.43. The molecule has 1 aliphatic rings. The lowest BCUT2D eigenvalue weighted by Crippen LogP contribution is -2.53. The molecule has 0 aliphatic carbocycles. The number of aliphatic hydroxyl groups is 1. The lowest BCUT2D eigenvalue weighted by Gasteiger charge is -2.32. The summed E-state index contributed by atoms with van der Waals surface area (Å²) in [4.78, 5) is 10.4. The van der Waals surface area contributed by atoms with Gasteiger partial charge in [-0.05, 0) is 5.56 Å². The van der Waals surface area contributed by atoms with Crippen LogP contribution in [0.2, 0.25) is 0 Å². The first kappa shape index (κ1) is 23.2. The van der Waals surface area contributed by atoms with Crippen LogP contribution in [0.4, 0.5) is 32.3 Å². The van der Waals surface area contributed by atoms with Gasteiger partial charge in [0.1, 0.15) is 0 Å². The topological polar surface area (TPSA) is 70.5 Å². The molecule has 1 aromatic heterocycles. The number of ether oxygens (including phenoxy) is 1. The smallest absolute Gasteiger partial charge is 0.379 e. The fraction of sp³-hybridized carbons (Fsp3) is 0.474. The minimum atomic E-state index is -5.93. The van der Waals surface area contributed by atoms with Gasteiger partial charge in [-0.1, -0.05) is 24.3 Å². The van der Waals surface area contributed by atoms with Gasteiger partial charge in [-0.15, -0.1) is 0 Å². The standard InChI is InChI=1S/C19H20F6N4O2/c20-18(21,22)17(30,19(23,24)25)15-3-1-13(2-4-15)14-11-27-16(28-12-14)26-5-6-29-7-9-31-10-8-29/h1-4,11-12,30H,5-10H2,(H,26,27,28). The van der Waals surface area contributed by atoms with Crippen molar-refractivity contribution in [3.05, 3.63) is 42.2 Å². The second-order valence-corrected chi connectivity index (χ2v) is 6.96. The molecule has 1 aromatic carbocycles. The number of hydrogen-bond acceptors (Lipinski definition) is 6. The SMILES string of the molecule is OC(c1ccc(-c2cnc(NCCN3CCOCC3)nc2)cc1)(C(F)(F)F)C(F)(F)F. The zero-order valence-electron chi connectivity index (χ0n) is 16.2. The van der Waals surface area contributed by atoms with Gasteiger partial charge in [-0.3, -0.25) is 4.90 Å². The normalized spacial score (nSPS) is 16.4. The Labute approximate surface area is 173 Å². The van der Waals surface area contributed by atoms with Crippen LogP contribution in [0, 0.1) is 0 Å². The summed E-state index contributed by atoms with van der Waals surface area (Å²) in [7, 11) is 0. The molecular weight excluding hydrogens is 430 g/mol. The molecule has 170 valence electrons. The molecule has 2 heterocycles. The van der Waals surface area contributed by atoms with Crippen LogP contribution in [0.5, 0.6) is 0 Å². The maximum Gasteiger partial charge on any atom is 0.430 e. The van der Waals surface area contributed by atoms with E-state index in [1.54, 1.807) is 0 Å². The van der Waals surface area contributed by atoms with E-state index in [2.05, 4.69) is 20.2 Å². The summed E-state index contributed by atoms with van der Waals surface area (Å²) in [6.07, 6.45) is -9.05. The molecule has 0 spiro atoms. The molecule has 1 saturated heterocycles. The minimum absolute atomic E-state index is 0.301. The Morgan fingerprint density at radius 3 is 1.97 bits per heavy atom. The highest BCUT2D eigenvalue weighted by Crippen LogP contribution is 2.50. The number of nitrogens with zero attached hydrogens (tertiary/aromatic N) is 3. The first-order chi connectivity index (χ1) is 14.5. The van der Waals surface area contributed by atoms with E-state index in [0.29, 0.717) is 49.0 Å². The highest BCUT2D eigenvalue weighted by Gasteiger charge is 2.71. The molecule has 12 heteroatoms. The van der Waals surface area contributed by atoms with E-state index in [1.165, 1.54) is 12.4 Å². The molecule has 6 nitrogen and oxygen atoms in total. The minimum Gasteiger partial charge on any atom is -0.379 e. The van der Waals surface area contributed by atoms with Crippen molar-refractivity contribution in [2.75, 3.05) is 44.7 Å². The van der Waals surface area contributed by atoms with Crippen molar-refractivity contribution in [3.63, 3.8) is 0 Å². The average molecular weight is 450 g/mol. The van der Waals surface area contributed by atoms with E-state index in [4.69, 9.17) is 4.74 Å². The molecule has 1 fully saturated rings. The van der Waals surface area contributed by atoms with Gasteiger partial charge < -0.3 is 15.2 Å². The lowest BCUT2D eigenvalue weighted by atomic mass is 9.91. The van der Waals surface area contributed by atoms with Gasteiger partial charge in [0.15, 0.2) is 0 Å². The number of morpholine rings is 1. The van der Waals surface area contributed by atoms with E-state index in [9.17, 15) is 31.4 Å². The summed E-state index contributed by atoms with van der Waals surface area (Å²) in [5.74, 6) is 0.345. The molecule has 2 aromatic rings. The van der Waals surface area contributed by atoms with Gasteiger partial charge in [0.25, 0.3) is 5.60 Å². The molecule has 0 saturated carbocycles. The van der Waals surface area contributed by atoms with Crippen molar-refractivity contribution in [1.82, 2.24) is 14.9 Å². The highest BCUT2D eigenvalue weighted by molar-refractivity contribution is 5.62. The highest BCUT2D eigenvalue weighted by atomic mass is 19.4. The number of aromatic nitrogens is 2. The first-order valence-corrected chi connectivity index (χ1v) is 9.35. The zero-order chi connectivity index (χ0) is 22.7. The van der Waals surface area contributed by atoms with Gasteiger partial charge in [-0.25, -0.2) is 9.97 Å². The monoisotopic (exact) mass is 450 g/mol. The third-order valence-corrected chi connectivity index (χ3v) is 4.92. The lowest BCUT2D eigenvalue weighted by molar-refractivity contribution is -0.376. The van der Waals surface area contributed by atoms with Crippen LogP contribution < -0.4 is 5.32 Å². The number of anilines is 1. The van der Waals surface area contributed by atoms with E-state index >= 15 is 0 Å². The van der Waals surface area contributed by atoms with Crippen LogP contribution in [-0.2, 0) is 10.3 Å². The van der Waals surface area contributed by atoms with Gasteiger partial charge in [0, 0.05) is 49.7 Å². The Morgan fingerprint density at radius 1 is 0.903 bits per heavy atom. The number of hydrogen-bond donors (Lipinski definition) is 2. The number of benzene rings is 1. The third kappa shape index (κ3) is 5.08. The third-order valence-electron chi connectivity index (χ3n) is 4.92. The Balaban J connectivity index is 1.67. The van der Waals surface area contributed by atoms with Crippen molar-refractivity contribution in [1.29, 1.82) is 0 Å². The van der Waals surface area contributed by atoms with Crippen molar-refractivity contribution < 1.29 is 36.2 Å². The number of rotatable bonds is 6. The Hall–Kier alpha value is -2.44. The van der Waals surface area contributed by atoms with Gasteiger partial charge in [0.05, 0.1) is 13.2 Å². The fourth-order valence-corrected chi connectivity index (χ4v) is 3.11. The average Bonchev–Trinajstić information content (AvgIpc) is 2.73. The van der Waals surface area contributed by atoms with Gasteiger partial charge >= 0.3 is 12.4 Å². The molecule has 1 aliphatic heterocycles. The molecule has 0 radical (unpaired) electrons. The molecule has 31 heavy (non-hydrogen) atoms. The molecular formula is C19H20F6N4O2. The van der Waals surface area contributed by atoms with Crippen LogP contribution in [0.1, 0.15) is 5.56 Å². The summed E-state index contributed by atoms with van der Waals surface area (Å²) in [5.41, 5.74) is -5.58. The largest absolute Gasteiger partial charge is 0.430 e. The van der Waals surface area contributed by atoms with E-state index in [0.717, 1.165) is 31.8 Å². The second-order valence-electron chi connectivity index (χ2n) is 6.96. The van der Waals surface area contributed by atoms with E-state index in [-0.39, 0.29) is 0 Å². The number of halogens is 6. The maximum absolute atomic E-state index is 13.0. The summed E-state index contributed by atoms with van der Waals surface area (Å²) in [6, 6.07) is 3.26. The maximum atomic E-state index is 13.0. The molecule has 0 unspecified atom stereocenters. The molecule has 0 bridgehead atoms. The molecule has 2 N–H and O–H groups in total. The quantitative estimate of drug-likeness (QED) is 0.659. The van der Waals surface area contributed by atoms with Crippen molar-refractivity contribution >= 4 is 5.95 Å². The van der Waals surface area contributed by atoms with Crippen LogP contribution >= 0.6 is 0 Å². The van der Waals surface area contributed by atoms with Crippen LogP contribution in [0.3, 0.4) is 0 Å². The summed E-state index contributed by atoms with van der Waals surface area (Å²) in [5, 5.41) is 12.5. The second kappa shape index (κ2) is 8.97. The Morgan fingerprint density at radius 2 is 1.45 bits per heavy atom. The Bertz CT molecular complexity index is 836. The summed E-state index contributed by atoms with van der Waals surface area (Å²) < 4.78 is 83.1. The van der Waals surface area contributed by atoms with Crippen LogP contribution in [0.25, 0.3) is 11.1 Å². The molecule has 3 rings (SSSR count). The van der Waals surface area contributed by atoms with E-state index in [1.807, 2.05) is 0 Å². The number of alkyl halides is 6. The van der Waals surface area contributed by atoms with Crippen LogP contribution in [0.15, 0.2) is 36.7 Å². The van der Waals surface area contributed by atoms with Crippen molar-refractivity contribution in [2.24, 2.45) is 0 Å². The predicted molar refractivity (Wildman–Crippen MR) is 99.2 cm³/mol. The van der Waals surface area contributed by atoms with Crippen LogP contribution in [-0.4, -0.2) is 71.7 Å². The molecule has 0 amide bonds. The van der Waals surface area contributed by atoms with E-state index < -0.39 is 23.5 Å². The van der Waals surface area contributed by atoms with Gasteiger partial charge in [0.2, 0.25) is 5.95 Å². The number of nitrogens with one attached hydrogen (secondary N) is 1. The summed E-state index contributed by atoms with van der Waals surface area (Å²) >= 11 is 0. The zero-order valence-corrected chi connectivity index (χ0v) is 16.2. The molecule has 0 atom stereocenters. The first-order valence-electron chi connectivity index (χ1n) is 9.35.